The molecule has 28 heavy (non-hydrogen) atoms. The molecule has 3 aromatic rings. The number of carbonyl (C=O) groups is 1. The first-order valence-corrected chi connectivity index (χ1v) is 9.65. The van der Waals surface area contributed by atoms with Crippen molar-refractivity contribution in [3.63, 3.8) is 0 Å². The molecule has 0 atom stereocenters. The van der Waals surface area contributed by atoms with Crippen LogP contribution in [-0.2, 0) is 0 Å². The Balaban J connectivity index is 1.81. The quantitative estimate of drug-likeness (QED) is 0.625. The number of nitrogens with zero attached hydrogens (tertiary/aromatic N) is 3. The summed E-state index contributed by atoms with van der Waals surface area (Å²) in [5.41, 5.74) is 3.50. The summed E-state index contributed by atoms with van der Waals surface area (Å²) in [4.78, 5) is 15.4. The van der Waals surface area contributed by atoms with Gasteiger partial charge in [-0.2, -0.15) is 5.26 Å². The van der Waals surface area contributed by atoms with E-state index in [1.54, 1.807) is 18.2 Å². The van der Waals surface area contributed by atoms with Gasteiger partial charge in [0.05, 0.1) is 23.7 Å². The number of nitriles is 1. The second-order valence-corrected chi connectivity index (χ2v) is 7.38. The van der Waals surface area contributed by atoms with Gasteiger partial charge in [-0.3, -0.25) is 9.69 Å². The molecular weight excluding hydrogens is 353 g/mol. The molecule has 5 heteroatoms. The van der Waals surface area contributed by atoms with Crippen molar-refractivity contribution in [1.29, 1.82) is 5.26 Å². The van der Waals surface area contributed by atoms with Gasteiger partial charge in [0.1, 0.15) is 5.82 Å². The van der Waals surface area contributed by atoms with Crippen LogP contribution in [0.1, 0.15) is 40.9 Å². The van der Waals surface area contributed by atoms with Crippen LogP contribution in [0.2, 0.25) is 0 Å². The molecule has 142 valence electrons. The molecule has 4 rings (SSSR count). The summed E-state index contributed by atoms with van der Waals surface area (Å²) in [6, 6.07) is 13.8. The van der Waals surface area contributed by atoms with Gasteiger partial charge in [0, 0.05) is 22.3 Å². The molecule has 0 amide bonds. The highest BCUT2D eigenvalue weighted by Gasteiger charge is 2.23. The predicted molar refractivity (Wildman–Crippen MR) is 107 cm³/mol. The van der Waals surface area contributed by atoms with Crippen molar-refractivity contribution in [2.45, 2.75) is 26.2 Å². The van der Waals surface area contributed by atoms with Gasteiger partial charge in [0.15, 0.2) is 5.78 Å². The van der Waals surface area contributed by atoms with Gasteiger partial charge in [0.2, 0.25) is 0 Å². The van der Waals surface area contributed by atoms with E-state index in [2.05, 4.69) is 11.0 Å². The third-order valence-electron chi connectivity index (χ3n) is 5.52. The molecule has 2 aromatic carbocycles. The number of likely N-dealkylation sites (tertiary alicyclic amines) is 1. The standard InChI is InChI=1S/C23H22FN3O/c1-16-23(22(28)15-26-11-3-2-4-12-26)20-10-7-18(24)13-21(20)27(16)19-8-5-17(14-25)6-9-19/h5-10,13H,2-4,11-12,15H2,1H3. The summed E-state index contributed by atoms with van der Waals surface area (Å²) in [6.07, 6.45) is 3.48. The van der Waals surface area contributed by atoms with Crippen LogP contribution < -0.4 is 0 Å². The van der Waals surface area contributed by atoms with E-state index < -0.39 is 0 Å². The summed E-state index contributed by atoms with van der Waals surface area (Å²) in [6.45, 7) is 4.20. The Morgan fingerprint density at radius 3 is 2.50 bits per heavy atom. The summed E-state index contributed by atoms with van der Waals surface area (Å²) < 4.78 is 15.9. The van der Waals surface area contributed by atoms with Crippen LogP contribution in [0.15, 0.2) is 42.5 Å². The van der Waals surface area contributed by atoms with Crippen molar-refractivity contribution in [3.8, 4) is 11.8 Å². The Labute approximate surface area is 163 Å². The molecule has 0 N–H and O–H groups in total. The van der Waals surface area contributed by atoms with Crippen molar-refractivity contribution in [2.75, 3.05) is 19.6 Å². The average molecular weight is 375 g/mol. The summed E-state index contributed by atoms with van der Waals surface area (Å²) in [5.74, 6) is -0.265. The molecule has 0 saturated carbocycles. The fourth-order valence-corrected chi connectivity index (χ4v) is 4.16. The molecule has 0 aliphatic carbocycles. The summed E-state index contributed by atoms with van der Waals surface area (Å²) >= 11 is 0. The second-order valence-electron chi connectivity index (χ2n) is 7.38. The molecule has 1 aromatic heterocycles. The number of aromatic nitrogens is 1. The third kappa shape index (κ3) is 3.32. The SMILES string of the molecule is Cc1c(C(=O)CN2CCCCC2)c2ccc(F)cc2n1-c1ccc(C#N)cc1. The van der Waals surface area contributed by atoms with E-state index in [-0.39, 0.29) is 11.6 Å². The number of hydrogen-bond donors (Lipinski definition) is 0. The topological polar surface area (TPSA) is 49.0 Å². The first kappa shape index (κ1) is 18.4. The largest absolute Gasteiger partial charge is 0.313 e. The smallest absolute Gasteiger partial charge is 0.179 e. The zero-order chi connectivity index (χ0) is 19.7. The van der Waals surface area contributed by atoms with Gasteiger partial charge in [-0.15, -0.1) is 0 Å². The molecular formula is C23H22FN3O. The maximum atomic E-state index is 14.0. The molecule has 1 aliphatic rings. The molecule has 4 nitrogen and oxygen atoms in total. The minimum atomic E-state index is -0.338. The van der Waals surface area contributed by atoms with E-state index in [9.17, 15) is 9.18 Å². The molecule has 0 unspecified atom stereocenters. The third-order valence-corrected chi connectivity index (χ3v) is 5.52. The van der Waals surface area contributed by atoms with Crippen molar-refractivity contribution in [2.24, 2.45) is 0 Å². The Morgan fingerprint density at radius 1 is 1.11 bits per heavy atom. The van der Waals surface area contributed by atoms with E-state index in [0.29, 0.717) is 23.2 Å². The molecule has 0 radical (unpaired) electrons. The van der Waals surface area contributed by atoms with Crippen molar-refractivity contribution >= 4 is 16.7 Å². The van der Waals surface area contributed by atoms with E-state index in [4.69, 9.17) is 5.26 Å². The van der Waals surface area contributed by atoms with Crippen LogP contribution in [0.5, 0.6) is 0 Å². The fraction of sp³-hybridized carbons (Fsp3) is 0.304. The minimum Gasteiger partial charge on any atom is -0.313 e. The lowest BCUT2D eigenvalue weighted by Crippen LogP contribution is -2.34. The number of rotatable bonds is 4. The van der Waals surface area contributed by atoms with Gasteiger partial charge >= 0.3 is 0 Å². The number of hydrogen-bond acceptors (Lipinski definition) is 3. The first-order chi connectivity index (χ1) is 13.6. The molecule has 0 spiro atoms. The van der Waals surface area contributed by atoms with Crippen molar-refractivity contribution in [1.82, 2.24) is 9.47 Å². The minimum absolute atomic E-state index is 0.0726. The van der Waals surface area contributed by atoms with E-state index >= 15 is 0 Å². The van der Waals surface area contributed by atoms with E-state index in [0.717, 1.165) is 42.7 Å². The van der Waals surface area contributed by atoms with E-state index in [1.807, 2.05) is 23.6 Å². The Hall–Kier alpha value is -2.97. The van der Waals surface area contributed by atoms with Crippen LogP contribution in [0.4, 0.5) is 4.39 Å². The highest BCUT2D eigenvalue weighted by molar-refractivity contribution is 6.10. The lowest BCUT2D eigenvalue weighted by atomic mass is 10.0. The number of piperidine rings is 1. The predicted octanol–water partition coefficient (Wildman–Crippen LogP) is 4.62. The van der Waals surface area contributed by atoms with Crippen molar-refractivity contribution < 1.29 is 9.18 Å². The maximum absolute atomic E-state index is 14.0. The second kappa shape index (κ2) is 7.57. The Kier molecular flexibility index (Phi) is 4.97. The molecule has 0 bridgehead atoms. The van der Waals surface area contributed by atoms with Crippen molar-refractivity contribution in [3.05, 3.63) is 65.1 Å². The van der Waals surface area contributed by atoms with E-state index in [1.165, 1.54) is 18.6 Å². The lowest BCUT2D eigenvalue weighted by Gasteiger charge is -2.25. The number of fused-ring (bicyclic) bond motifs is 1. The van der Waals surface area contributed by atoms with Crippen LogP contribution in [0.25, 0.3) is 16.6 Å². The molecule has 1 saturated heterocycles. The Bertz CT molecular complexity index is 1070. The average Bonchev–Trinajstić information content (AvgIpc) is 3.00. The van der Waals surface area contributed by atoms with Crippen LogP contribution in [0, 0.1) is 24.1 Å². The van der Waals surface area contributed by atoms with Gasteiger partial charge in [-0.25, -0.2) is 4.39 Å². The maximum Gasteiger partial charge on any atom is 0.179 e. The van der Waals surface area contributed by atoms with Crippen LogP contribution in [0.3, 0.4) is 0 Å². The van der Waals surface area contributed by atoms with Gasteiger partial charge in [-0.1, -0.05) is 6.42 Å². The molecule has 2 heterocycles. The number of ketones is 1. The van der Waals surface area contributed by atoms with Gasteiger partial charge < -0.3 is 4.57 Å². The lowest BCUT2D eigenvalue weighted by molar-refractivity contribution is 0.0916. The van der Waals surface area contributed by atoms with Gasteiger partial charge in [0.25, 0.3) is 0 Å². The summed E-state index contributed by atoms with van der Waals surface area (Å²) in [5, 5.41) is 9.81. The highest BCUT2D eigenvalue weighted by atomic mass is 19.1. The molecule has 1 aliphatic heterocycles. The number of halogens is 1. The van der Waals surface area contributed by atoms with Gasteiger partial charge in [-0.05, 0) is 75.3 Å². The molecule has 1 fully saturated rings. The fourth-order valence-electron chi connectivity index (χ4n) is 4.16. The normalized spacial score (nSPS) is 14.9. The van der Waals surface area contributed by atoms with Crippen LogP contribution >= 0.6 is 0 Å². The zero-order valence-corrected chi connectivity index (χ0v) is 15.9. The zero-order valence-electron chi connectivity index (χ0n) is 15.9. The monoisotopic (exact) mass is 375 g/mol. The number of Topliss-reactive ketones (excluding diaryl/α,β-unsaturated/α-hetero) is 1. The highest BCUT2D eigenvalue weighted by Crippen LogP contribution is 2.30. The van der Waals surface area contributed by atoms with Crippen LogP contribution in [-0.4, -0.2) is 34.9 Å². The summed E-state index contributed by atoms with van der Waals surface area (Å²) in [7, 11) is 0. The Morgan fingerprint density at radius 2 is 1.82 bits per heavy atom. The first-order valence-electron chi connectivity index (χ1n) is 9.65. The number of benzene rings is 2. The number of carbonyl (C=O) groups excluding carboxylic acids is 1.